The summed E-state index contributed by atoms with van der Waals surface area (Å²) in [5.41, 5.74) is -5.53. The predicted octanol–water partition coefficient (Wildman–Crippen LogP) is 5.57. The van der Waals surface area contributed by atoms with Gasteiger partial charge in [0, 0.05) is 5.39 Å². The molecular weight excluding hydrogens is 413 g/mol. The van der Waals surface area contributed by atoms with Gasteiger partial charge in [0.1, 0.15) is 5.75 Å². The van der Waals surface area contributed by atoms with Crippen LogP contribution in [0.1, 0.15) is 32.6 Å². The maximum absolute atomic E-state index is 10.7. The fourth-order valence-corrected chi connectivity index (χ4v) is 5.68. The lowest BCUT2D eigenvalue weighted by Gasteiger charge is -2.19. The summed E-state index contributed by atoms with van der Waals surface area (Å²) in [7, 11) is -5.76. The monoisotopic (exact) mass is 438 g/mol. The van der Waals surface area contributed by atoms with Gasteiger partial charge in [-0.1, -0.05) is 37.6 Å². The number of hydrogen-bond donors (Lipinski definition) is 2. The first kappa shape index (κ1) is 22.8. The Labute approximate surface area is 166 Å². The molecule has 1 N–H and O–H groups in total. The van der Waals surface area contributed by atoms with E-state index < -0.39 is 15.6 Å². The van der Waals surface area contributed by atoms with Crippen molar-refractivity contribution in [3.8, 4) is 5.75 Å². The molecule has 2 aromatic carbocycles. The van der Waals surface area contributed by atoms with E-state index in [9.17, 15) is 13.2 Å². The van der Waals surface area contributed by atoms with Crippen LogP contribution in [0.5, 0.6) is 5.75 Å². The van der Waals surface area contributed by atoms with Crippen molar-refractivity contribution in [2.45, 2.75) is 43.0 Å². The maximum atomic E-state index is 10.7. The molecule has 0 saturated carbocycles. The van der Waals surface area contributed by atoms with Crippen LogP contribution in [-0.2, 0) is 10.1 Å². The second-order valence-corrected chi connectivity index (χ2v) is 10.3. The highest BCUT2D eigenvalue weighted by Crippen LogP contribution is 2.47. The molecule has 4 nitrogen and oxygen atoms in total. The number of fused-ring (bicyclic) bond motifs is 1. The molecule has 28 heavy (non-hydrogen) atoms. The third-order valence-corrected chi connectivity index (χ3v) is 7.72. The minimum atomic E-state index is -5.84. The second kappa shape index (κ2) is 9.84. The summed E-state index contributed by atoms with van der Waals surface area (Å²) >= 11 is 0. The lowest BCUT2D eigenvalue weighted by atomic mass is 10.1. The molecule has 1 saturated heterocycles. The molecule has 1 aliphatic rings. The highest BCUT2D eigenvalue weighted by molar-refractivity contribution is 8.17. The van der Waals surface area contributed by atoms with E-state index in [4.69, 9.17) is 17.7 Å². The molecule has 1 aliphatic heterocycles. The molecule has 0 bridgehead atoms. The molecule has 158 valence electrons. The van der Waals surface area contributed by atoms with Crippen LogP contribution in [0.4, 0.5) is 13.2 Å². The zero-order chi connectivity index (χ0) is 20.8. The SMILES string of the molecule is CCCCOc1ccc([SH]2CCCC2)c2ccccc12.O=S(=O)(O)C(F)(F)F. The first-order valence-electron chi connectivity index (χ1n) is 9.08. The van der Waals surface area contributed by atoms with Crippen LogP contribution in [0.3, 0.4) is 0 Å². The van der Waals surface area contributed by atoms with Crippen molar-refractivity contribution in [3.63, 3.8) is 0 Å². The summed E-state index contributed by atoms with van der Waals surface area (Å²) in [6, 6.07) is 13.3. The summed E-state index contributed by atoms with van der Waals surface area (Å²) in [6.45, 7) is 3.03. The summed E-state index contributed by atoms with van der Waals surface area (Å²) < 4.78 is 63.5. The van der Waals surface area contributed by atoms with Crippen LogP contribution in [0.15, 0.2) is 41.3 Å². The minimum Gasteiger partial charge on any atom is -0.493 e. The Balaban J connectivity index is 0.000000300. The van der Waals surface area contributed by atoms with E-state index in [1.165, 1.54) is 41.5 Å². The zero-order valence-corrected chi connectivity index (χ0v) is 17.3. The van der Waals surface area contributed by atoms with Crippen LogP contribution < -0.4 is 4.74 Å². The van der Waals surface area contributed by atoms with Gasteiger partial charge in [-0.15, -0.1) is 0 Å². The topological polar surface area (TPSA) is 63.6 Å². The molecule has 3 rings (SSSR count). The van der Waals surface area contributed by atoms with Crippen molar-refractivity contribution in [1.29, 1.82) is 0 Å². The lowest BCUT2D eigenvalue weighted by Crippen LogP contribution is -2.21. The summed E-state index contributed by atoms with van der Waals surface area (Å²) in [5, 5.41) is 2.73. The molecule has 0 amide bonds. The number of unbranched alkanes of at least 4 members (excludes halogenated alkanes) is 1. The molecule has 2 aromatic rings. The molecule has 0 aromatic heterocycles. The zero-order valence-electron chi connectivity index (χ0n) is 15.6. The summed E-state index contributed by atoms with van der Waals surface area (Å²) in [5.74, 6) is 3.89. The van der Waals surface area contributed by atoms with Crippen LogP contribution in [-0.4, -0.2) is 36.6 Å². The third kappa shape index (κ3) is 6.02. The number of ether oxygens (including phenoxy) is 1. The van der Waals surface area contributed by atoms with Gasteiger partial charge in [-0.2, -0.15) is 21.6 Å². The van der Waals surface area contributed by atoms with E-state index in [1.807, 2.05) is 0 Å². The van der Waals surface area contributed by atoms with Gasteiger partial charge in [-0.3, -0.25) is 4.55 Å². The quantitative estimate of drug-likeness (QED) is 0.277. The standard InChI is InChI=1S/C18H24OS.CHF3O3S/c1-2-3-12-19-17-10-11-18(20-13-6-7-14-20)16-9-5-4-8-15(16)17;2-1(3,4)8(5,6)7/h4-5,8-11,20H,2-3,6-7,12-14H2,1H3;(H,5,6,7). The van der Waals surface area contributed by atoms with Crippen LogP contribution in [0, 0.1) is 0 Å². The molecule has 9 heteroatoms. The average molecular weight is 439 g/mol. The van der Waals surface area contributed by atoms with Crippen molar-refractivity contribution < 1.29 is 30.9 Å². The van der Waals surface area contributed by atoms with Gasteiger partial charge in [-0.05, 0) is 53.2 Å². The number of thiol groups is 1. The normalized spacial score (nSPS) is 16.0. The van der Waals surface area contributed by atoms with Gasteiger partial charge in [0.25, 0.3) is 0 Å². The Kier molecular flexibility index (Phi) is 8.03. The van der Waals surface area contributed by atoms with E-state index in [1.54, 1.807) is 4.90 Å². The van der Waals surface area contributed by atoms with E-state index in [0.717, 1.165) is 18.8 Å². The molecule has 1 fully saturated rings. The molecule has 1 heterocycles. The van der Waals surface area contributed by atoms with Gasteiger partial charge in [0.15, 0.2) is 0 Å². The molecular formula is C19H25F3O4S2. The number of halogens is 3. The molecule has 0 unspecified atom stereocenters. The van der Waals surface area contributed by atoms with Crippen LogP contribution >= 0.6 is 10.9 Å². The van der Waals surface area contributed by atoms with Gasteiger partial charge < -0.3 is 4.74 Å². The van der Waals surface area contributed by atoms with Crippen LogP contribution in [0.2, 0.25) is 0 Å². The molecule has 0 spiro atoms. The van der Waals surface area contributed by atoms with E-state index >= 15 is 0 Å². The average Bonchev–Trinajstić information content (AvgIpc) is 3.15. The van der Waals surface area contributed by atoms with Crippen molar-refractivity contribution in [1.82, 2.24) is 0 Å². The van der Waals surface area contributed by atoms with Gasteiger partial charge >= 0.3 is 15.6 Å². The highest BCUT2D eigenvalue weighted by atomic mass is 32.2. The van der Waals surface area contributed by atoms with Crippen molar-refractivity contribution in [3.05, 3.63) is 36.4 Å². The van der Waals surface area contributed by atoms with E-state index in [2.05, 4.69) is 43.3 Å². The van der Waals surface area contributed by atoms with Crippen molar-refractivity contribution in [2.24, 2.45) is 0 Å². The fraction of sp³-hybridized carbons (Fsp3) is 0.474. The summed E-state index contributed by atoms with van der Waals surface area (Å²) in [6.07, 6.45) is 5.13. The Morgan fingerprint density at radius 1 is 1.07 bits per heavy atom. The minimum absolute atomic E-state index is 0.0761. The third-order valence-electron chi connectivity index (χ3n) is 4.36. The van der Waals surface area contributed by atoms with Crippen molar-refractivity contribution in [2.75, 3.05) is 18.1 Å². The second-order valence-electron chi connectivity index (χ2n) is 6.45. The number of alkyl halides is 3. The lowest BCUT2D eigenvalue weighted by molar-refractivity contribution is -0.0510. The predicted molar refractivity (Wildman–Crippen MR) is 108 cm³/mol. The first-order chi connectivity index (χ1) is 13.1. The van der Waals surface area contributed by atoms with Gasteiger partial charge in [-0.25, -0.2) is 10.9 Å². The Morgan fingerprint density at radius 3 is 2.18 bits per heavy atom. The van der Waals surface area contributed by atoms with Crippen molar-refractivity contribution >= 4 is 31.8 Å². The first-order valence-corrected chi connectivity index (χ1v) is 12.2. The molecule has 0 atom stereocenters. The highest BCUT2D eigenvalue weighted by Gasteiger charge is 2.44. The largest absolute Gasteiger partial charge is 0.522 e. The number of rotatable bonds is 5. The fourth-order valence-electron chi connectivity index (χ4n) is 2.94. The number of benzene rings is 2. The molecule has 0 radical (unpaired) electrons. The summed E-state index contributed by atoms with van der Waals surface area (Å²) in [4.78, 5) is 1.59. The Hall–Kier alpha value is -1.45. The Morgan fingerprint density at radius 2 is 1.64 bits per heavy atom. The van der Waals surface area contributed by atoms with E-state index in [-0.39, 0.29) is 10.9 Å². The van der Waals surface area contributed by atoms with Gasteiger partial charge in [0.2, 0.25) is 0 Å². The van der Waals surface area contributed by atoms with E-state index in [0.29, 0.717) is 0 Å². The number of hydrogen-bond acceptors (Lipinski definition) is 3. The van der Waals surface area contributed by atoms with Gasteiger partial charge in [0.05, 0.1) is 6.61 Å². The molecule has 0 aliphatic carbocycles. The van der Waals surface area contributed by atoms with Crippen LogP contribution in [0.25, 0.3) is 10.8 Å². The Bertz CT molecular complexity index is 876. The maximum Gasteiger partial charge on any atom is 0.522 e. The smallest absolute Gasteiger partial charge is 0.493 e.